The fraction of sp³-hybridized carbons (Fsp3) is 0.923. The van der Waals surface area contributed by atoms with Gasteiger partial charge in [-0.1, -0.05) is 0 Å². The SMILES string of the molecule is CN1CCCC1CNC(=O)CC1CCNCC1. The third kappa shape index (κ3) is 3.96. The lowest BCUT2D eigenvalue weighted by Gasteiger charge is -2.23. The van der Waals surface area contributed by atoms with E-state index in [1.807, 2.05) is 0 Å². The first-order valence-corrected chi connectivity index (χ1v) is 6.93. The predicted molar refractivity (Wildman–Crippen MR) is 68.9 cm³/mol. The molecule has 0 aromatic rings. The van der Waals surface area contributed by atoms with E-state index in [2.05, 4.69) is 22.6 Å². The number of nitrogens with one attached hydrogen (secondary N) is 2. The molecule has 98 valence electrons. The number of hydrogen-bond donors (Lipinski definition) is 2. The van der Waals surface area contributed by atoms with Gasteiger partial charge in [0.25, 0.3) is 0 Å². The Morgan fingerprint density at radius 1 is 1.35 bits per heavy atom. The molecule has 4 nitrogen and oxygen atoms in total. The third-order valence-electron chi connectivity index (χ3n) is 4.14. The van der Waals surface area contributed by atoms with Gasteiger partial charge in [-0.05, 0) is 58.3 Å². The van der Waals surface area contributed by atoms with Crippen LogP contribution in [0.1, 0.15) is 32.1 Å². The van der Waals surface area contributed by atoms with Crippen molar-refractivity contribution in [3.63, 3.8) is 0 Å². The first-order valence-electron chi connectivity index (χ1n) is 6.93. The summed E-state index contributed by atoms with van der Waals surface area (Å²) in [6, 6.07) is 0.562. The van der Waals surface area contributed by atoms with E-state index < -0.39 is 0 Å². The zero-order valence-corrected chi connectivity index (χ0v) is 10.9. The van der Waals surface area contributed by atoms with Crippen molar-refractivity contribution in [1.29, 1.82) is 0 Å². The van der Waals surface area contributed by atoms with E-state index in [-0.39, 0.29) is 5.91 Å². The van der Waals surface area contributed by atoms with Crippen molar-refractivity contribution in [2.24, 2.45) is 5.92 Å². The zero-order valence-electron chi connectivity index (χ0n) is 10.9. The van der Waals surface area contributed by atoms with Crippen LogP contribution in [0.25, 0.3) is 0 Å². The Balaban J connectivity index is 1.63. The highest BCUT2D eigenvalue weighted by atomic mass is 16.1. The van der Waals surface area contributed by atoms with Gasteiger partial charge in [-0.15, -0.1) is 0 Å². The van der Waals surface area contributed by atoms with E-state index >= 15 is 0 Å². The summed E-state index contributed by atoms with van der Waals surface area (Å²) < 4.78 is 0. The van der Waals surface area contributed by atoms with Gasteiger partial charge >= 0.3 is 0 Å². The van der Waals surface area contributed by atoms with E-state index in [4.69, 9.17) is 0 Å². The van der Waals surface area contributed by atoms with Crippen LogP contribution in [0.15, 0.2) is 0 Å². The molecule has 1 unspecified atom stereocenters. The minimum absolute atomic E-state index is 0.247. The second-order valence-electron chi connectivity index (χ2n) is 5.48. The second kappa shape index (κ2) is 6.36. The molecule has 2 fully saturated rings. The summed E-state index contributed by atoms with van der Waals surface area (Å²) in [4.78, 5) is 14.2. The molecule has 2 saturated heterocycles. The van der Waals surface area contributed by atoms with Crippen molar-refractivity contribution in [2.75, 3.05) is 33.2 Å². The number of rotatable bonds is 4. The molecule has 0 radical (unpaired) electrons. The number of carbonyl (C=O) groups excluding carboxylic acids is 1. The summed E-state index contributed by atoms with van der Waals surface area (Å²) in [5, 5.41) is 6.43. The van der Waals surface area contributed by atoms with Crippen molar-refractivity contribution in [2.45, 2.75) is 38.1 Å². The Labute approximate surface area is 104 Å². The minimum atomic E-state index is 0.247. The molecule has 0 aromatic carbocycles. The molecule has 2 aliphatic rings. The van der Waals surface area contributed by atoms with Gasteiger partial charge < -0.3 is 15.5 Å². The molecule has 2 aliphatic heterocycles. The number of carbonyl (C=O) groups is 1. The topological polar surface area (TPSA) is 44.4 Å². The first-order chi connectivity index (χ1) is 8.25. The van der Waals surface area contributed by atoms with E-state index in [0.717, 1.165) is 38.9 Å². The van der Waals surface area contributed by atoms with Gasteiger partial charge in [0.05, 0.1) is 0 Å². The van der Waals surface area contributed by atoms with Crippen molar-refractivity contribution in [3.8, 4) is 0 Å². The fourth-order valence-corrected chi connectivity index (χ4v) is 2.89. The third-order valence-corrected chi connectivity index (χ3v) is 4.14. The van der Waals surface area contributed by atoms with Crippen LogP contribution in [0.2, 0.25) is 0 Å². The Hall–Kier alpha value is -0.610. The number of amides is 1. The number of nitrogens with zero attached hydrogens (tertiary/aromatic N) is 1. The van der Waals surface area contributed by atoms with Crippen molar-refractivity contribution in [1.82, 2.24) is 15.5 Å². The molecule has 0 spiro atoms. The maximum Gasteiger partial charge on any atom is 0.220 e. The van der Waals surface area contributed by atoms with Crippen molar-refractivity contribution >= 4 is 5.91 Å². The second-order valence-corrected chi connectivity index (χ2v) is 5.48. The lowest BCUT2D eigenvalue weighted by Crippen LogP contribution is -2.39. The van der Waals surface area contributed by atoms with E-state index in [0.29, 0.717) is 12.0 Å². The quantitative estimate of drug-likeness (QED) is 0.754. The smallest absolute Gasteiger partial charge is 0.220 e. The summed E-state index contributed by atoms with van der Waals surface area (Å²) >= 11 is 0. The average Bonchev–Trinajstić information content (AvgIpc) is 2.74. The molecule has 0 aliphatic carbocycles. The molecular formula is C13H25N3O. The lowest BCUT2D eigenvalue weighted by molar-refractivity contribution is -0.122. The molecule has 2 N–H and O–H groups in total. The Morgan fingerprint density at radius 2 is 2.12 bits per heavy atom. The van der Waals surface area contributed by atoms with Crippen LogP contribution in [0, 0.1) is 5.92 Å². The largest absolute Gasteiger partial charge is 0.355 e. The predicted octanol–water partition coefficient (Wildman–Crippen LogP) is 0.587. The average molecular weight is 239 g/mol. The number of likely N-dealkylation sites (tertiary alicyclic amines) is 1. The molecule has 0 saturated carbocycles. The molecular weight excluding hydrogens is 214 g/mol. The maximum atomic E-state index is 11.8. The van der Waals surface area contributed by atoms with Gasteiger partial charge in [-0.2, -0.15) is 0 Å². The molecule has 0 aromatic heterocycles. The summed E-state index contributed by atoms with van der Waals surface area (Å²) in [5.41, 5.74) is 0. The molecule has 17 heavy (non-hydrogen) atoms. The Kier molecular flexibility index (Phi) is 4.80. The van der Waals surface area contributed by atoms with Crippen molar-refractivity contribution < 1.29 is 4.79 Å². The van der Waals surface area contributed by atoms with Gasteiger partial charge in [0, 0.05) is 19.0 Å². The van der Waals surface area contributed by atoms with E-state index in [9.17, 15) is 4.79 Å². The van der Waals surface area contributed by atoms with Crippen LogP contribution in [0.3, 0.4) is 0 Å². The van der Waals surface area contributed by atoms with Gasteiger partial charge in [0.1, 0.15) is 0 Å². The highest BCUT2D eigenvalue weighted by Crippen LogP contribution is 2.16. The number of hydrogen-bond acceptors (Lipinski definition) is 3. The van der Waals surface area contributed by atoms with Crippen molar-refractivity contribution in [3.05, 3.63) is 0 Å². The van der Waals surface area contributed by atoms with E-state index in [1.54, 1.807) is 0 Å². The molecule has 1 atom stereocenters. The highest BCUT2D eigenvalue weighted by molar-refractivity contribution is 5.76. The number of piperidine rings is 1. The van der Waals surface area contributed by atoms with Gasteiger partial charge in [-0.3, -0.25) is 4.79 Å². The summed E-state index contributed by atoms with van der Waals surface area (Å²) in [5.74, 6) is 0.842. The normalized spacial score (nSPS) is 27.2. The Bertz CT molecular complexity index is 251. The van der Waals surface area contributed by atoms with Crippen LogP contribution >= 0.6 is 0 Å². The zero-order chi connectivity index (χ0) is 12.1. The molecule has 0 bridgehead atoms. The standard InChI is InChI=1S/C13H25N3O/c1-16-8-2-3-12(16)10-15-13(17)9-11-4-6-14-7-5-11/h11-12,14H,2-10H2,1H3,(H,15,17). The monoisotopic (exact) mass is 239 g/mol. The summed E-state index contributed by atoms with van der Waals surface area (Å²) in [7, 11) is 2.15. The Morgan fingerprint density at radius 3 is 2.76 bits per heavy atom. The summed E-state index contributed by atoms with van der Waals surface area (Å²) in [6.45, 7) is 4.15. The van der Waals surface area contributed by atoms with Gasteiger partial charge in [0.15, 0.2) is 0 Å². The van der Waals surface area contributed by atoms with Crippen LogP contribution in [0.4, 0.5) is 0 Å². The van der Waals surface area contributed by atoms with Crippen LogP contribution in [-0.4, -0.2) is 50.1 Å². The molecule has 1 amide bonds. The molecule has 2 rings (SSSR count). The van der Waals surface area contributed by atoms with E-state index in [1.165, 1.54) is 19.4 Å². The maximum absolute atomic E-state index is 11.8. The first kappa shape index (κ1) is 12.8. The highest BCUT2D eigenvalue weighted by Gasteiger charge is 2.22. The molecule has 2 heterocycles. The fourth-order valence-electron chi connectivity index (χ4n) is 2.89. The summed E-state index contributed by atoms with van der Waals surface area (Å²) in [6.07, 6.45) is 5.51. The van der Waals surface area contributed by atoms with Crippen LogP contribution in [0.5, 0.6) is 0 Å². The minimum Gasteiger partial charge on any atom is -0.355 e. The van der Waals surface area contributed by atoms with Gasteiger partial charge in [-0.25, -0.2) is 0 Å². The van der Waals surface area contributed by atoms with Crippen LogP contribution < -0.4 is 10.6 Å². The molecule has 4 heteroatoms. The van der Waals surface area contributed by atoms with Gasteiger partial charge in [0.2, 0.25) is 5.91 Å². The van der Waals surface area contributed by atoms with Crippen LogP contribution in [-0.2, 0) is 4.79 Å². The lowest BCUT2D eigenvalue weighted by atomic mass is 9.94. The number of likely N-dealkylation sites (N-methyl/N-ethyl adjacent to an activating group) is 1.